The predicted octanol–water partition coefficient (Wildman–Crippen LogP) is 1.82. The van der Waals surface area contributed by atoms with E-state index in [2.05, 4.69) is 17.9 Å². The molecular weight excluding hydrogens is 262 g/mol. The van der Waals surface area contributed by atoms with E-state index < -0.39 is 0 Å². The molecule has 4 heteroatoms. The zero-order chi connectivity index (χ0) is 15.2. The highest BCUT2D eigenvalue weighted by atomic mass is 16.2. The molecule has 1 saturated carbocycles. The summed E-state index contributed by atoms with van der Waals surface area (Å²) >= 11 is 0. The van der Waals surface area contributed by atoms with Crippen molar-refractivity contribution in [2.75, 3.05) is 13.1 Å². The molecule has 1 aliphatic rings. The van der Waals surface area contributed by atoms with Gasteiger partial charge in [-0.1, -0.05) is 17.9 Å². The first kappa shape index (κ1) is 15.1. The average molecular weight is 281 g/mol. The molecule has 21 heavy (non-hydrogen) atoms. The maximum atomic E-state index is 12.7. The van der Waals surface area contributed by atoms with Crippen molar-refractivity contribution in [3.8, 4) is 17.9 Å². The number of carbonyl (C=O) groups is 1. The molecule has 4 nitrogen and oxygen atoms in total. The van der Waals surface area contributed by atoms with Crippen molar-refractivity contribution < 1.29 is 4.79 Å². The second-order valence-electron chi connectivity index (χ2n) is 5.17. The number of amides is 1. The van der Waals surface area contributed by atoms with Gasteiger partial charge in [-0.15, -0.1) is 0 Å². The van der Waals surface area contributed by atoms with Crippen LogP contribution in [0.15, 0.2) is 18.2 Å². The summed E-state index contributed by atoms with van der Waals surface area (Å²) in [6.07, 6.45) is 2.43. The van der Waals surface area contributed by atoms with Gasteiger partial charge in [0.1, 0.15) is 0 Å². The normalized spacial score (nSPS) is 13.0. The molecular formula is C17H19N3O. The number of benzene rings is 1. The van der Waals surface area contributed by atoms with Crippen LogP contribution in [0.2, 0.25) is 0 Å². The monoisotopic (exact) mass is 281 g/mol. The Bertz CT molecular complexity index is 630. The molecule has 1 aromatic rings. The van der Waals surface area contributed by atoms with E-state index in [0.29, 0.717) is 31.1 Å². The van der Waals surface area contributed by atoms with E-state index >= 15 is 0 Å². The molecule has 0 aromatic heterocycles. The summed E-state index contributed by atoms with van der Waals surface area (Å²) in [6.45, 7) is 2.72. The third-order valence-corrected chi connectivity index (χ3v) is 3.52. The standard InChI is InChI=1S/C17H19N3O/c1-13-5-6-14(4-2-9-18)12-16(13)17(21)20(11-3-10-19)15-7-8-15/h5-6,12,15H,3,7-9,11,18H2,1H3. The molecule has 1 fully saturated rings. The molecule has 108 valence electrons. The SMILES string of the molecule is Cc1ccc(C#CCN)cc1C(=O)N(CCC#N)C1CC1. The quantitative estimate of drug-likeness (QED) is 0.856. The number of aryl methyl sites for hydroxylation is 1. The molecule has 0 radical (unpaired) electrons. The van der Waals surface area contributed by atoms with E-state index in [-0.39, 0.29) is 5.91 Å². The van der Waals surface area contributed by atoms with Crippen molar-refractivity contribution in [2.24, 2.45) is 5.73 Å². The first-order chi connectivity index (χ1) is 10.2. The molecule has 0 unspecified atom stereocenters. The van der Waals surface area contributed by atoms with E-state index in [1.54, 1.807) is 0 Å². The lowest BCUT2D eigenvalue weighted by molar-refractivity contribution is 0.0746. The summed E-state index contributed by atoms with van der Waals surface area (Å²) in [6, 6.07) is 8.03. The van der Waals surface area contributed by atoms with Crippen molar-refractivity contribution >= 4 is 5.91 Å². The van der Waals surface area contributed by atoms with Crippen LogP contribution in [-0.4, -0.2) is 29.9 Å². The van der Waals surface area contributed by atoms with Crippen LogP contribution in [0.25, 0.3) is 0 Å². The Morgan fingerprint density at radius 2 is 2.24 bits per heavy atom. The van der Waals surface area contributed by atoms with Crippen LogP contribution < -0.4 is 5.73 Å². The topological polar surface area (TPSA) is 70.1 Å². The lowest BCUT2D eigenvalue weighted by atomic mass is 10.0. The van der Waals surface area contributed by atoms with Gasteiger partial charge >= 0.3 is 0 Å². The number of hydrogen-bond donors (Lipinski definition) is 1. The van der Waals surface area contributed by atoms with Gasteiger partial charge in [-0.25, -0.2) is 0 Å². The third-order valence-electron chi connectivity index (χ3n) is 3.52. The molecule has 1 amide bonds. The van der Waals surface area contributed by atoms with Gasteiger partial charge in [0.2, 0.25) is 0 Å². The Kier molecular flexibility index (Phi) is 4.98. The van der Waals surface area contributed by atoms with Crippen LogP contribution in [0.3, 0.4) is 0 Å². The third kappa shape index (κ3) is 3.84. The van der Waals surface area contributed by atoms with Gasteiger partial charge in [-0.3, -0.25) is 4.79 Å². The number of nitrogens with zero attached hydrogens (tertiary/aromatic N) is 2. The van der Waals surface area contributed by atoms with Crippen molar-refractivity contribution in [2.45, 2.75) is 32.2 Å². The van der Waals surface area contributed by atoms with Gasteiger partial charge in [-0.05, 0) is 37.5 Å². The molecule has 0 aliphatic heterocycles. The molecule has 1 aromatic carbocycles. The van der Waals surface area contributed by atoms with Gasteiger partial charge < -0.3 is 10.6 Å². The smallest absolute Gasteiger partial charge is 0.254 e. The van der Waals surface area contributed by atoms with E-state index in [9.17, 15) is 4.79 Å². The fourth-order valence-electron chi connectivity index (χ4n) is 2.24. The summed E-state index contributed by atoms with van der Waals surface area (Å²) < 4.78 is 0. The Balaban J connectivity index is 2.26. The second kappa shape index (κ2) is 6.92. The zero-order valence-electron chi connectivity index (χ0n) is 12.2. The Morgan fingerprint density at radius 1 is 1.48 bits per heavy atom. The highest BCUT2D eigenvalue weighted by Crippen LogP contribution is 2.29. The maximum absolute atomic E-state index is 12.7. The number of nitriles is 1. The van der Waals surface area contributed by atoms with E-state index in [0.717, 1.165) is 24.0 Å². The van der Waals surface area contributed by atoms with Crippen LogP contribution in [-0.2, 0) is 0 Å². The van der Waals surface area contributed by atoms with Crippen molar-refractivity contribution in [3.63, 3.8) is 0 Å². The average Bonchev–Trinajstić information content (AvgIpc) is 3.31. The molecule has 2 N–H and O–H groups in total. The second-order valence-corrected chi connectivity index (χ2v) is 5.17. The first-order valence-corrected chi connectivity index (χ1v) is 7.15. The van der Waals surface area contributed by atoms with Gasteiger partial charge in [0.25, 0.3) is 5.91 Å². The van der Waals surface area contributed by atoms with Crippen molar-refractivity contribution in [1.82, 2.24) is 4.90 Å². The van der Waals surface area contributed by atoms with Gasteiger partial charge in [0, 0.05) is 23.7 Å². The molecule has 1 aliphatic carbocycles. The molecule has 0 saturated heterocycles. The molecule has 0 atom stereocenters. The Labute approximate surface area is 125 Å². The van der Waals surface area contributed by atoms with E-state index in [4.69, 9.17) is 11.0 Å². The minimum absolute atomic E-state index is 0.00153. The van der Waals surface area contributed by atoms with Gasteiger partial charge in [0.05, 0.1) is 19.0 Å². The lowest BCUT2D eigenvalue weighted by Crippen LogP contribution is -2.34. The number of rotatable bonds is 4. The highest BCUT2D eigenvalue weighted by Gasteiger charge is 2.33. The number of nitrogens with two attached hydrogens (primary N) is 1. The number of hydrogen-bond acceptors (Lipinski definition) is 3. The molecule has 0 spiro atoms. The van der Waals surface area contributed by atoms with E-state index in [1.807, 2.05) is 30.0 Å². The zero-order valence-corrected chi connectivity index (χ0v) is 12.2. The minimum atomic E-state index is 0.00153. The summed E-state index contributed by atoms with van der Waals surface area (Å²) in [7, 11) is 0. The molecule has 0 heterocycles. The minimum Gasteiger partial charge on any atom is -0.335 e. The van der Waals surface area contributed by atoms with E-state index in [1.165, 1.54) is 0 Å². The summed E-state index contributed by atoms with van der Waals surface area (Å²) in [5, 5.41) is 8.75. The van der Waals surface area contributed by atoms with Crippen molar-refractivity contribution in [3.05, 3.63) is 34.9 Å². The summed E-state index contributed by atoms with van der Waals surface area (Å²) in [5.74, 6) is 5.76. The fourth-order valence-corrected chi connectivity index (χ4v) is 2.24. The summed E-state index contributed by atoms with van der Waals surface area (Å²) in [4.78, 5) is 14.5. The van der Waals surface area contributed by atoms with Crippen LogP contribution in [0.5, 0.6) is 0 Å². The highest BCUT2D eigenvalue weighted by molar-refractivity contribution is 5.96. The van der Waals surface area contributed by atoms with Gasteiger partial charge in [-0.2, -0.15) is 5.26 Å². The first-order valence-electron chi connectivity index (χ1n) is 7.15. The summed E-state index contributed by atoms with van der Waals surface area (Å²) in [5.41, 5.74) is 7.77. The molecule has 0 bridgehead atoms. The van der Waals surface area contributed by atoms with Crippen LogP contribution in [0.1, 0.15) is 40.7 Å². The number of carbonyl (C=O) groups excluding carboxylic acids is 1. The van der Waals surface area contributed by atoms with Crippen LogP contribution in [0.4, 0.5) is 0 Å². The Hall–Kier alpha value is -2.30. The van der Waals surface area contributed by atoms with Crippen LogP contribution in [0, 0.1) is 30.1 Å². The largest absolute Gasteiger partial charge is 0.335 e. The van der Waals surface area contributed by atoms with Crippen LogP contribution >= 0.6 is 0 Å². The Morgan fingerprint density at radius 3 is 2.86 bits per heavy atom. The fraction of sp³-hybridized carbons (Fsp3) is 0.412. The molecule has 2 rings (SSSR count). The maximum Gasteiger partial charge on any atom is 0.254 e. The predicted molar refractivity (Wildman–Crippen MR) is 81.4 cm³/mol. The lowest BCUT2D eigenvalue weighted by Gasteiger charge is -2.22. The van der Waals surface area contributed by atoms with Gasteiger partial charge in [0.15, 0.2) is 0 Å². The van der Waals surface area contributed by atoms with Crippen molar-refractivity contribution in [1.29, 1.82) is 5.26 Å².